The van der Waals surface area contributed by atoms with E-state index < -0.39 is 5.97 Å². The van der Waals surface area contributed by atoms with Gasteiger partial charge in [0, 0.05) is 24.4 Å². The van der Waals surface area contributed by atoms with Crippen LogP contribution in [0, 0.1) is 5.82 Å². The van der Waals surface area contributed by atoms with Gasteiger partial charge < -0.3 is 15.4 Å². The first kappa shape index (κ1) is 17.0. The van der Waals surface area contributed by atoms with Crippen LogP contribution in [0.1, 0.15) is 12.5 Å². The van der Waals surface area contributed by atoms with Gasteiger partial charge in [0.1, 0.15) is 5.82 Å². The van der Waals surface area contributed by atoms with Crippen LogP contribution < -0.4 is 10.6 Å². The predicted molar refractivity (Wildman–Crippen MR) is 82.9 cm³/mol. The van der Waals surface area contributed by atoms with Gasteiger partial charge in [-0.05, 0) is 20.0 Å². The van der Waals surface area contributed by atoms with Crippen LogP contribution in [0.15, 0.2) is 35.5 Å². The number of ether oxygens (including phenoxy) is 1. The van der Waals surface area contributed by atoms with Crippen molar-refractivity contribution >= 4 is 12.0 Å². The number of rotatable bonds is 6. The summed E-state index contributed by atoms with van der Waals surface area (Å²) in [6.45, 7) is 2.75. The fourth-order valence-electron chi connectivity index (χ4n) is 2.32. The predicted octanol–water partition coefficient (Wildman–Crippen LogP) is 1.39. The van der Waals surface area contributed by atoms with Gasteiger partial charge in [0.15, 0.2) is 0 Å². The number of likely N-dealkylation sites (N-methyl/N-ethyl adjacent to an activating group) is 1. The molecule has 2 rings (SSSR count). The van der Waals surface area contributed by atoms with Gasteiger partial charge in [0.25, 0.3) is 0 Å². The van der Waals surface area contributed by atoms with E-state index in [1.54, 1.807) is 32.2 Å². The molecular weight excluding hydrogens is 301 g/mol. The fraction of sp³-hybridized carbons (Fsp3) is 0.375. The van der Waals surface area contributed by atoms with Crippen LogP contribution in [0.25, 0.3) is 0 Å². The molecule has 23 heavy (non-hydrogen) atoms. The summed E-state index contributed by atoms with van der Waals surface area (Å²) in [7, 11) is 1.79. The number of nitrogens with zero attached hydrogens (tertiary/aromatic N) is 1. The Morgan fingerprint density at radius 2 is 2.09 bits per heavy atom. The number of urea groups is 1. The Labute approximate surface area is 134 Å². The highest BCUT2D eigenvalue weighted by Crippen LogP contribution is 2.13. The number of hydrogen-bond acceptors (Lipinski definition) is 4. The molecule has 124 valence electrons. The highest BCUT2D eigenvalue weighted by atomic mass is 19.1. The van der Waals surface area contributed by atoms with Crippen molar-refractivity contribution in [1.29, 1.82) is 0 Å². The van der Waals surface area contributed by atoms with Crippen molar-refractivity contribution in [3.05, 3.63) is 46.9 Å². The normalized spacial score (nSPS) is 14.5. The van der Waals surface area contributed by atoms with Crippen molar-refractivity contribution in [3.8, 4) is 0 Å². The van der Waals surface area contributed by atoms with Crippen molar-refractivity contribution in [1.82, 2.24) is 15.5 Å². The van der Waals surface area contributed by atoms with Gasteiger partial charge in [0.05, 0.1) is 18.7 Å². The number of hydrogen-bond donors (Lipinski definition) is 2. The zero-order valence-electron chi connectivity index (χ0n) is 13.2. The molecule has 1 aromatic carbocycles. The first-order chi connectivity index (χ1) is 11.0. The Kier molecular flexibility index (Phi) is 5.70. The highest BCUT2D eigenvalue weighted by Gasteiger charge is 2.24. The number of carbonyl (C=O) groups is 2. The van der Waals surface area contributed by atoms with Crippen molar-refractivity contribution in [2.24, 2.45) is 0 Å². The zero-order chi connectivity index (χ0) is 16.8. The van der Waals surface area contributed by atoms with Crippen LogP contribution >= 0.6 is 0 Å². The lowest BCUT2D eigenvalue weighted by atomic mass is 10.1. The SMILES string of the molecule is CCOC(=O)C1=C(CN(C)Cc2ccccc2F)NC(=O)NC1. The quantitative estimate of drug-likeness (QED) is 0.777. The molecule has 0 radical (unpaired) electrons. The lowest BCUT2D eigenvalue weighted by Gasteiger charge is -2.25. The Bertz CT molecular complexity index is 631. The minimum Gasteiger partial charge on any atom is -0.463 e. The molecule has 2 N–H and O–H groups in total. The second-order valence-electron chi connectivity index (χ2n) is 5.25. The van der Waals surface area contributed by atoms with E-state index in [4.69, 9.17) is 4.74 Å². The Morgan fingerprint density at radius 3 is 2.78 bits per heavy atom. The molecule has 0 saturated carbocycles. The smallest absolute Gasteiger partial charge is 0.337 e. The van der Waals surface area contributed by atoms with Crippen molar-refractivity contribution in [2.75, 3.05) is 26.7 Å². The average molecular weight is 321 g/mol. The number of amides is 2. The second-order valence-corrected chi connectivity index (χ2v) is 5.25. The van der Waals surface area contributed by atoms with Crippen molar-refractivity contribution in [3.63, 3.8) is 0 Å². The fourth-order valence-corrected chi connectivity index (χ4v) is 2.32. The largest absolute Gasteiger partial charge is 0.463 e. The number of halogens is 1. The van der Waals surface area contributed by atoms with Crippen molar-refractivity contribution in [2.45, 2.75) is 13.5 Å². The van der Waals surface area contributed by atoms with Gasteiger partial charge in [0.2, 0.25) is 0 Å². The van der Waals surface area contributed by atoms with E-state index in [1.807, 2.05) is 4.90 Å². The molecule has 7 heteroatoms. The lowest BCUT2D eigenvalue weighted by molar-refractivity contribution is -0.138. The maximum atomic E-state index is 13.7. The van der Waals surface area contributed by atoms with E-state index in [9.17, 15) is 14.0 Å². The summed E-state index contributed by atoms with van der Waals surface area (Å²) in [4.78, 5) is 25.3. The van der Waals surface area contributed by atoms with Crippen LogP contribution in [0.5, 0.6) is 0 Å². The number of esters is 1. The molecule has 1 aromatic rings. The topological polar surface area (TPSA) is 70.7 Å². The Morgan fingerprint density at radius 1 is 1.35 bits per heavy atom. The van der Waals surface area contributed by atoms with Crippen LogP contribution in [0.3, 0.4) is 0 Å². The molecular formula is C16H20FN3O3. The maximum absolute atomic E-state index is 13.7. The molecule has 6 nitrogen and oxygen atoms in total. The summed E-state index contributed by atoms with van der Waals surface area (Å²) in [5, 5.41) is 5.18. The monoisotopic (exact) mass is 321 g/mol. The summed E-state index contributed by atoms with van der Waals surface area (Å²) in [6, 6.07) is 6.13. The molecule has 0 atom stereocenters. The average Bonchev–Trinajstić information content (AvgIpc) is 2.50. The van der Waals surface area contributed by atoms with Crippen LogP contribution in [-0.2, 0) is 16.1 Å². The lowest BCUT2D eigenvalue weighted by Crippen LogP contribution is -2.46. The van der Waals surface area contributed by atoms with Gasteiger partial charge in [-0.15, -0.1) is 0 Å². The van der Waals surface area contributed by atoms with Crippen LogP contribution in [0.2, 0.25) is 0 Å². The first-order valence-corrected chi connectivity index (χ1v) is 7.37. The summed E-state index contributed by atoms with van der Waals surface area (Å²) < 4.78 is 18.7. The minimum absolute atomic E-state index is 0.119. The number of benzene rings is 1. The van der Waals surface area contributed by atoms with Gasteiger partial charge in [-0.2, -0.15) is 0 Å². The van der Waals surface area contributed by atoms with Gasteiger partial charge >= 0.3 is 12.0 Å². The molecule has 0 spiro atoms. The highest BCUT2D eigenvalue weighted by molar-refractivity contribution is 5.93. The molecule has 1 aliphatic rings. The van der Waals surface area contributed by atoms with Crippen LogP contribution in [0.4, 0.5) is 9.18 Å². The van der Waals surface area contributed by atoms with E-state index in [0.29, 0.717) is 29.9 Å². The zero-order valence-corrected chi connectivity index (χ0v) is 13.2. The van der Waals surface area contributed by atoms with E-state index >= 15 is 0 Å². The number of nitrogens with one attached hydrogen (secondary N) is 2. The third-order valence-electron chi connectivity index (χ3n) is 3.40. The Hall–Kier alpha value is -2.41. The molecule has 1 heterocycles. The van der Waals surface area contributed by atoms with Gasteiger partial charge in [-0.25, -0.2) is 14.0 Å². The van der Waals surface area contributed by atoms with E-state index in [0.717, 1.165) is 0 Å². The second kappa shape index (κ2) is 7.73. The van der Waals surface area contributed by atoms with E-state index in [-0.39, 0.29) is 25.0 Å². The summed E-state index contributed by atoms with van der Waals surface area (Å²) in [5.41, 5.74) is 1.41. The summed E-state index contributed by atoms with van der Waals surface area (Å²) in [6.07, 6.45) is 0. The van der Waals surface area contributed by atoms with Crippen molar-refractivity contribution < 1.29 is 18.7 Å². The Balaban J connectivity index is 2.11. The molecule has 1 aliphatic heterocycles. The molecule has 0 unspecified atom stereocenters. The molecule has 2 amide bonds. The number of carbonyl (C=O) groups excluding carboxylic acids is 2. The molecule has 0 aromatic heterocycles. The molecule has 0 aliphatic carbocycles. The molecule has 0 saturated heterocycles. The first-order valence-electron chi connectivity index (χ1n) is 7.37. The third-order valence-corrected chi connectivity index (χ3v) is 3.40. The maximum Gasteiger partial charge on any atom is 0.337 e. The van der Waals surface area contributed by atoms with Gasteiger partial charge in [-0.3, -0.25) is 4.90 Å². The summed E-state index contributed by atoms with van der Waals surface area (Å²) in [5.74, 6) is -0.748. The van der Waals surface area contributed by atoms with E-state index in [1.165, 1.54) is 6.07 Å². The molecule has 0 fully saturated rings. The molecule has 0 bridgehead atoms. The van der Waals surface area contributed by atoms with Gasteiger partial charge in [-0.1, -0.05) is 18.2 Å². The summed E-state index contributed by atoms with van der Waals surface area (Å²) >= 11 is 0. The van der Waals surface area contributed by atoms with E-state index in [2.05, 4.69) is 10.6 Å². The third kappa shape index (κ3) is 4.53. The standard InChI is InChI=1S/C16H20FN3O3/c1-3-23-15(21)12-8-18-16(22)19-14(12)10-20(2)9-11-6-4-5-7-13(11)17/h4-7H,3,8-10H2,1-2H3,(H2,18,19,22). The minimum atomic E-state index is -0.464. The van der Waals surface area contributed by atoms with Crippen LogP contribution in [-0.4, -0.2) is 43.6 Å².